The molecule has 1 aliphatic rings. The lowest BCUT2D eigenvalue weighted by Crippen LogP contribution is -2.01. The van der Waals surface area contributed by atoms with E-state index < -0.39 is 0 Å². The zero-order valence-corrected chi connectivity index (χ0v) is 12.9. The largest absolute Gasteiger partial charge is 0.315 e. The summed E-state index contributed by atoms with van der Waals surface area (Å²) < 4.78 is 14.9. The number of fused-ring (bicyclic) bond motifs is 1. The van der Waals surface area contributed by atoms with E-state index >= 15 is 0 Å². The first-order chi connectivity index (χ1) is 10.6. The zero-order valence-electron chi connectivity index (χ0n) is 11.4. The van der Waals surface area contributed by atoms with Crippen LogP contribution in [0.25, 0.3) is 11.2 Å². The molecule has 22 heavy (non-hydrogen) atoms. The second-order valence-electron chi connectivity index (χ2n) is 5.51. The lowest BCUT2D eigenvalue weighted by Gasteiger charge is -2.04. The van der Waals surface area contributed by atoms with E-state index in [2.05, 4.69) is 15.0 Å². The molecule has 4 nitrogen and oxygen atoms in total. The zero-order chi connectivity index (χ0) is 15.3. The molecule has 1 aromatic carbocycles. The lowest BCUT2D eigenvalue weighted by atomic mass is 10.1. The number of imidazole rings is 1. The van der Waals surface area contributed by atoms with Crippen LogP contribution < -0.4 is 0 Å². The Labute approximate surface area is 135 Å². The average Bonchev–Trinajstić information content (AvgIpc) is 3.13. The van der Waals surface area contributed by atoms with Crippen LogP contribution in [0.1, 0.15) is 17.9 Å². The molecule has 0 radical (unpaired) electrons. The summed E-state index contributed by atoms with van der Waals surface area (Å²) in [6.45, 7) is 0.780. The smallest absolute Gasteiger partial charge is 0.225 e. The summed E-state index contributed by atoms with van der Waals surface area (Å²) in [5.41, 5.74) is 2.38. The number of hydrogen-bond donors (Lipinski definition) is 0. The summed E-state index contributed by atoms with van der Waals surface area (Å²) in [5, 5.41) is 0.379. The molecule has 0 aliphatic heterocycles. The maximum atomic E-state index is 13.0. The van der Waals surface area contributed by atoms with Gasteiger partial charge in [-0.05, 0) is 47.6 Å². The van der Waals surface area contributed by atoms with Crippen molar-refractivity contribution in [1.29, 1.82) is 0 Å². The molecule has 0 bridgehead atoms. The third-order valence-corrected chi connectivity index (χ3v) is 4.48. The standard InChI is InChI=1S/C15H11Cl2FN4/c16-13-12-14(21-15(17)20-13)22(7-19-12)6-9-5-11(9)8-1-3-10(18)4-2-8/h1-4,7,9,11H,5-6H2. The van der Waals surface area contributed by atoms with Gasteiger partial charge in [0.05, 0.1) is 6.33 Å². The minimum absolute atomic E-state index is 0.116. The number of benzene rings is 1. The number of halogens is 3. The van der Waals surface area contributed by atoms with Gasteiger partial charge in [0.25, 0.3) is 0 Å². The van der Waals surface area contributed by atoms with Gasteiger partial charge in [-0.15, -0.1) is 0 Å². The first-order valence-corrected chi connectivity index (χ1v) is 7.67. The predicted molar refractivity (Wildman–Crippen MR) is 82.6 cm³/mol. The fraction of sp³-hybridized carbons (Fsp3) is 0.267. The van der Waals surface area contributed by atoms with Gasteiger partial charge in [-0.25, -0.2) is 14.4 Å². The van der Waals surface area contributed by atoms with Gasteiger partial charge < -0.3 is 4.57 Å². The number of nitrogens with zero attached hydrogens (tertiary/aromatic N) is 4. The maximum Gasteiger partial charge on any atom is 0.225 e. The molecule has 0 amide bonds. The SMILES string of the molecule is Fc1ccc(C2CC2Cn2cnc3c(Cl)nc(Cl)nc32)cc1. The van der Waals surface area contributed by atoms with Crippen molar-refractivity contribution in [3.05, 3.63) is 52.4 Å². The normalized spacial score (nSPS) is 20.5. The highest BCUT2D eigenvalue weighted by molar-refractivity contribution is 6.35. The van der Waals surface area contributed by atoms with Crippen LogP contribution in [0.3, 0.4) is 0 Å². The molecule has 0 spiro atoms. The molecule has 1 aliphatic carbocycles. The van der Waals surface area contributed by atoms with Crippen LogP contribution in [0.4, 0.5) is 4.39 Å². The Morgan fingerprint density at radius 1 is 1.18 bits per heavy atom. The Bertz CT molecular complexity index is 847. The molecule has 2 atom stereocenters. The van der Waals surface area contributed by atoms with Gasteiger partial charge >= 0.3 is 0 Å². The van der Waals surface area contributed by atoms with Gasteiger partial charge in [0.15, 0.2) is 10.8 Å². The van der Waals surface area contributed by atoms with E-state index in [9.17, 15) is 4.39 Å². The van der Waals surface area contributed by atoms with Crippen molar-refractivity contribution >= 4 is 34.4 Å². The monoisotopic (exact) mass is 336 g/mol. The van der Waals surface area contributed by atoms with Crippen molar-refractivity contribution in [3.8, 4) is 0 Å². The van der Waals surface area contributed by atoms with E-state index in [0.717, 1.165) is 13.0 Å². The van der Waals surface area contributed by atoms with E-state index in [4.69, 9.17) is 23.2 Å². The summed E-state index contributed by atoms with van der Waals surface area (Å²) in [7, 11) is 0. The third-order valence-electron chi connectivity index (χ3n) is 4.05. The molecule has 0 saturated heterocycles. The van der Waals surface area contributed by atoms with E-state index in [0.29, 0.717) is 23.0 Å². The van der Waals surface area contributed by atoms with Crippen LogP contribution in [0.5, 0.6) is 0 Å². The first kappa shape index (κ1) is 13.9. The summed E-state index contributed by atoms with van der Waals surface area (Å²) in [6, 6.07) is 6.71. The van der Waals surface area contributed by atoms with Gasteiger partial charge in [0.1, 0.15) is 11.3 Å². The highest BCUT2D eigenvalue weighted by Gasteiger charge is 2.38. The second kappa shape index (κ2) is 5.18. The molecule has 2 heterocycles. The molecular weight excluding hydrogens is 326 g/mol. The van der Waals surface area contributed by atoms with Gasteiger partial charge in [-0.2, -0.15) is 4.98 Å². The van der Waals surface area contributed by atoms with E-state index in [-0.39, 0.29) is 16.3 Å². The fourth-order valence-electron chi connectivity index (χ4n) is 2.84. The van der Waals surface area contributed by atoms with Crippen LogP contribution in [0, 0.1) is 11.7 Å². The first-order valence-electron chi connectivity index (χ1n) is 6.91. The number of rotatable bonds is 3. The van der Waals surface area contributed by atoms with Crippen molar-refractivity contribution in [3.63, 3.8) is 0 Å². The molecular formula is C15H11Cl2FN4. The summed E-state index contributed by atoms with van der Waals surface area (Å²) in [4.78, 5) is 12.3. The Morgan fingerprint density at radius 3 is 2.73 bits per heavy atom. The highest BCUT2D eigenvalue weighted by Crippen LogP contribution is 2.48. The maximum absolute atomic E-state index is 13.0. The summed E-state index contributed by atoms with van der Waals surface area (Å²) in [6.07, 6.45) is 2.78. The highest BCUT2D eigenvalue weighted by atomic mass is 35.5. The van der Waals surface area contributed by atoms with Crippen molar-refractivity contribution < 1.29 is 4.39 Å². The van der Waals surface area contributed by atoms with Crippen LogP contribution in [-0.2, 0) is 6.54 Å². The van der Waals surface area contributed by atoms with Gasteiger partial charge in [-0.3, -0.25) is 0 Å². The number of hydrogen-bond acceptors (Lipinski definition) is 3. The predicted octanol–water partition coefficient (Wildman–Crippen LogP) is 4.08. The minimum atomic E-state index is -0.206. The second-order valence-corrected chi connectivity index (χ2v) is 6.20. The molecule has 0 N–H and O–H groups in total. The summed E-state index contributed by atoms with van der Waals surface area (Å²) >= 11 is 11.9. The topological polar surface area (TPSA) is 43.6 Å². The van der Waals surface area contributed by atoms with Crippen LogP contribution in [0.2, 0.25) is 10.4 Å². The van der Waals surface area contributed by atoms with Crippen molar-refractivity contribution in [2.75, 3.05) is 0 Å². The fourth-order valence-corrected chi connectivity index (χ4v) is 3.26. The van der Waals surface area contributed by atoms with Gasteiger partial charge in [-0.1, -0.05) is 23.7 Å². The summed E-state index contributed by atoms with van der Waals surface area (Å²) in [5.74, 6) is 0.726. The molecule has 2 aromatic heterocycles. The van der Waals surface area contributed by atoms with E-state index in [1.165, 1.54) is 17.7 Å². The molecule has 2 unspecified atom stereocenters. The van der Waals surface area contributed by atoms with Crippen LogP contribution >= 0.6 is 23.2 Å². The van der Waals surface area contributed by atoms with Gasteiger partial charge in [0.2, 0.25) is 5.28 Å². The Morgan fingerprint density at radius 2 is 1.95 bits per heavy atom. The molecule has 4 rings (SSSR count). The Balaban J connectivity index is 1.57. The molecule has 112 valence electrons. The van der Waals surface area contributed by atoms with Crippen molar-refractivity contribution in [2.45, 2.75) is 18.9 Å². The Kier molecular flexibility index (Phi) is 3.27. The molecule has 7 heteroatoms. The third kappa shape index (κ3) is 2.44. The lowest BCUT2D eigenvalue weighted by molar-refractivity contribution is 0.617. The van der Waals surface area contributed by atoms with Crippen LogP contribution in [-0.4, -0.2) is 19.5 Å². The van der Waals surface area contributed by atoms with E-state index in [1.807, 2.05) is 16.7 Å². The Hall–Kier alpha value is -1.72. The quantitative estimate of drug-likeness (QED) is 0.534. The molecule has 1 saturated carbocycles. The van der Waals surface area contributed by atoms with Crippen LogP contribution in [0.15, 0.2) is 30.6 Å². The van der Waals surface area contributed by atoms with E-state index in [1.54, 1.807) is 6.33 Å². The average molecular weight is 337 g/mol. The molecule has 3 aromatic rings. The minimum Gasteiger partial charge on any atom is -0.315 e. The van der Waals surface area contributed by atoms with Crippen molar-refractivity contribution in [2.24, 2.45) is 5.92 Å². The number of aromatic nitrogens is 4. The van der Waals surface area contributed by atoms with Gasteiger partial charge in [0, 0.05) is 6.54 Å². The van der Waals surface area contributed by atoms with Crippen molar-refractivity contribution in [1.82, 2.24) is 19.5 Å². The molecule has 1 fully saturated rings.